The van der Waals surface area contributed by atoms with Gasteiger partial charge in [-0.2, -0.15) is 0 Å². The van der Waals surface area contributed by atoms with Crippen molar-refractivity contribution in [3.8, 4) is 11.4 Å². The van der Waals surface area contributed by atoms with Gasteiger partial charge in [-0.05, 0) is 42.9 Å². The fourth-order valence-corrected chi connectivity index (χ4v) is 4.08. The Morgan fingerprint density at radius 3 is 2.50 bits per heavy atom. The molecule has 0 N–H and O–H groups in total. The van der Waals surface area contributed by atoms with Gasteiger partial charge in [0.05, 0.1) is 5.75 Å². The molecule has 1 aliphatic rings. The molecular weight excluding hydrogens is 368 g/mol. The number of thioether (sulfide) groups is 1. The van der Waals surface area contributed by atoms with E-state index in [1.165, 1.54) is 17.3 Å². The lowest BCUT2D eigenvalue weighted by Gasteiger charge is -2.10. The quantitative estimate of drug-likeness (QED) is 0.391. The van der Waals surface area contributed by atoms with Crippen LogP contribution in [-0.2, 0) is 0 Å². The first-order valence-electron chi connectivity index (χ1n) is 9.78. The number of carbonyl (C=O) groups excluding carboxylic acids is 1. The predicted molar refractivity (Wildman–Crippen MR) is 112 cm³/mol. The summed E-state index contributed by atoms with van der Waals surface area (Å²) in [4.78, 5) is 16.7. The van der Waals surface area contributed by atoms with Gasteiger partial charge < -0.3 is 0 Å². The number of hydrogen-bond donors (Lipinski definition) is 0. The third-order valence-corrected chi connectivity index (χ3v) is 6.20. The van der Waals surface area contributed by atoms with Gasteiger partial charge in [-0.1, -0.05) is 49.9 Å². The number of benzene rings is 1. The lowest BCUT2D eigenvalue weighted by molar-refractivity contribution is 0.102. The first-order valence-corrected chi connectivity index (χ1v) is 10.8. The van der Waals surface area contributed by atoms with Gasteiger partial charge >= 0.3 is 0 Å². The molecule has 144 valence electrons. The minimum absolute atomic E-state index is 0.122. The van der Waals surface area contributed by atoms with E-state index in [2.05, 4.69) is 45.7 Å². The second kappa shape index (κ2) is 8.27. The zero-order valence-electron chi connectivity index (χ0n) is 16.2. The number of pyridine rings is 1. The van der Waals surface area contributed by atoms with E-state index >= 15 is 0 Å². The van der Waals surface area contributed by atoms with Crippen LogP contribution in [0.3, 0.4) is 0 Å². The normalized spacial score (nSPS) is 14.8. The SMILES string of the molecule is CC[C@H](C)c1ccc(C(=O)CSc2nnc(-c3ccncc3)n2C2CC2)cc1. The lowest BCUT2D eigenvalue weighted by Crippen LogP contribution is -2.05. The van der Waals surface area contributed by atoms with Crippen LogP contribution in [0.15, 0.2) is 53.9 Å². The molecule has 2 aromatic heterocycles. The molecule has 0 unspecified atom stereocenters. The highest BCUT2D eigenvalue weighted by Gasteiger charge is 2.30. The van der Waals surface area contributed by atoms with Crippen LogP contribution in [0.5, 0.6) is 0 Å². The lowest BCUT2D eigenvalue weighted by atomic mass is 9.97. The van der Waals surface area contributed by atoms with E-state index in [1.54, 1.807) is 12.4 Å². The molecular formula is C22H24N4OS. The van der Waals surface area contributed by atoms with Gasteiger partial charge in [0.25, 0.3) is 0 Å². The number of ketones is 1. The molecule has 3 aromatic rings. The molecule has 2 heterocycles. The molecule has 0 bridgehead atoms. The fraction of sp³-hybridized carbons (Fsp3) is 0.364. The van der Waals surface area contributed by atoms with Crippen LogP contribution in [0.25, 0.3) is 11.4 Å². The molecule has 5 nitrogen and oxygen atoms in total. The maximum Gasteiger partial charge on any atom is 0.192 e. The van der Waals surface area contributed by atoms with Crippen LogP contribution in [0.2, 0.25) is 0 Å². The first kappa shape index (κ1) is 18.9. The summed E-state index contributed by atoms with van der Waals surface area (Å²) in [7, 11) is 0. The molecule has 28 heavy (non-hydrogen) atoms. The monoisotopic (exact) mass is 392 g/mol. The smallest absolute Gasteiger partial charge is 0.192 e. The molecule has 0 spiro atoms. The summed E-state index contributed by atoms with van der Waals surface area (Å²) in [6.07, 6.45) is 6.89. The molecule has 1 atom stereocenters. The van der Waals surface area contributed by atoms with Crippen LogP contribution in [0, 0.1) is 0 Å². The zero-order valence-corrected chi connectivity index (χ0v) is 17.0. The van der Waals surface area contributed by atoms with Crippen molar-refractivity contribution in [1.29, 1.82) is 0 Å². The molecule has 0 aliphatic heterocycles. The third kappa shape index (κ3) is 4.02. The van der Waals surface area contributed by atoms with E-state index in [-0.39, 0.29) is 5.78 Å². The van der Waals surface area contributed by atoms with Crippen LogP contribution in [-0.4, -0.2) is 31.3 Å². The summed E-state index contributed by atoms with van der Waals surface area (Å²) in [6, 6.07) is 12.4. The number of aromatic nitrogens is 4. The maximum absolute atomic E-state index is 12.7. The van der Waals surface area contributed by atoms with Crippen molar-refractivity contribution in [2.24, 2.45) is 0 Å². The van der Waals surface area contributed by atoms with Crippen LogP contribution in [0.4, 0.5) is 0 Å². The molecule has 1 aromatic carbocycles. The molecule has 1 fully saturated rings. The average molecular weight is 393 g/mol. The predicted octanol–water partition coefficient (Wildman–Crippen LogP) is 5.16. The van der Waals surface area contributed by atoms with E-state index in [1.807, 2.05) is 24.3 Å². The highest BCUT2D eigenvalue weighted by Crippen LogP contribution is 2.41. The Labute approximate surface area is 169 Å². The topological polar surface area (TPSA) is 60.7 Å². The number of carbonyl (C=O) groups is 1. The van der Waals surface area contributed by atoms with Crippen molar-refractivity contribution in [3.63, 3.8) is 0 Å². The van der Waals surface area contributed by atoms with Crippen LogP contribution < -0.4 is 0 Å². The van der Waals surface area contributed by atoms with Gasteiger partial charge in [0, 0.05) is 29.6 Å². The van der Waals surface area contributed by atoms with Crippen molar-refractivity contribution in [2.45, 2.75) is 50.2 Å². The van der Waals surface area contributed by atoms with E-state index in [0.29, 0.717) is 17.7 Å². The second-order valence-electron chi connectivity index (χ2n) is 7.29. The Morgan fingerprint density at radius 1 is 1.14 bits per heavy atom. The summed E-state index contributed by atoms with van der Waals surface area (Å²) in [6.45, 7) is 4.38. The van der Waals surface area contributed by atoms with Gasteiger partial charge in [-0.3, -0.25) is 14.3 Å². The summed E-state index contributed by atoms with van der Waals surface area (Å²) in [5.74, 6) is 1.86. The van der Waals surface area contributed by atoms with Gasteiger partial charge in [0.15, 0.2) is 16.8 Å². The number of rotatable bonds is 8. The number of Topliss-reactive ketones (excluding diaryl/α,β-unsaturated/α-hetero) is 1. The van der Waals surface area contributed by atoms with Crippen molar-refractivity contribution in [2.75, 3.05) is 5.75 Å². The molecule has 0 amide bonds. The molecule has 0 saturated heterocycles. The number of hydrogen-bond acceptors (Lipinski definition) is 5. The number of nitrogens with zero attached hydrogens (tertiary/aromatic N) is 4. The highest BCUT2D eigenvalue weighted by atomic mass is 32.2. The van der Waals surface area contributed by atoms with E-state index < -0.39 is 0 Å². The summed E-state index contributed by atoms with van der Waals surface area (Å²) in [5.41, 5.74) is 3.04. The molecule has 6 heteroatoms. The average Bonchev–Trinajstić information content (AvgIpc) is 3.51. The highest BCUT2D eigenvalue weighted by molar-refractivity contribution is 7.99. The first-order chi connectivity index (χ1) is 13.7. The standard InChI is InChI=1S/C22H24N4OS/c1-3-15(2)16-4-6-17(7-5-16)20(27)14-28-22-25-24-21(26(22)19-8-9-19)18-10-12-23-13-11-18/h4-7,10-13,15,19H,3,8-9,14H2,1-2H3/t15-/m0/s1. The minimum Gasteiger partial charge on any atom is -0.299 e. The zero-order chi connectivity index (χ0) is 19.5. The Kier molecular flexibility index (Phi) is 5.57. The molecule has 1 aliphatic carbocycles. The van der Waals surface area contributed by atoms with Crippen molar-refractivity contribution in [1.82, 2.24) is 19.7 Å². The van der Waals surface area contributed by atoms with Crippen molar-refractivity contribution >= 4 is 17.5 Å². The molecule has 0 radical (unpaired) electrons. The van der Waals surface area contributed by atoms with Gasteiger partial charge in [-0.25, -0.2) is 0 Å². The minimum atomic E-state index is 0.122. The van der Waals surface area contributed by atoms with Crippen molar-refractivity contribution in [3.05, 3.63) is 59.9 Å². The van der Waals surface area contributed by atoms with Gasteiger partial charge in [0.2, 0.25) is 0 Å². The van der Waals surface area contributed by atoms with Crippen molar-refractivity contribution < 1.29 is 4.79 Å². The van der Waals surface area contributed by atoms with Crippen LogP contribution >= 0.6 is 11.8 Å². The molecule has 1 saturated carbocycles. The maximum atomic E-state index is 12.7. The van der Waals surface area contributed by atoms with Gasteiger partial charge in [0.1, 0.15) is 0 Å². The summed E-state index contributed by atoms with van der Waals surface area (Å²) < 4.78 is 2.18. The van der Waals surface area contributed by atoms with Gasteiger partial charge in [-0.15, -0.1) is 10.2 Å². The Morgan fingerprint density at radius 2 is 1.86 bits per heavy atom. The Bertz CT molecular complexity index is 948. The van der Waals surface area contributed by atoms with Crippen LogP contribution in [0.1, 0.15) is 61.0 Å². The second-order valence-corrected chi connectivity index (χ2v) is 8.23. The summed E-state index contributed by atoms with van der Waals surface area (Å²) >= 11 is 1.47. The van der Waals surface area contributed by atoms with E-state index in [9.17, 15) is 4.79 Å². The molecule has 4 rings (SSSR count). The Balaban J connectivity index is 1.48. The van der Waals surface area contributed by atoms with E-state index in [4.69, 9.17) is 0 Å². The fourth-order valence-electron chi connectivity index (χ4n) is 3.18. The third-order valence-electron chi connectivity index (χ3n) is 5.26. The Hall–Kier alpha value is -2.47. The van der Waals surface area contributed by atoms with E-state index in [0.717, 1.165) is 41.4 Å². The summed E-state index contributed by atoms with van der Waals surface area (Å²) in [5, 5.41) is 9.58. The largest absolute Gasteiger partial charge is 0.299 e.